The maximum absolute atomic E-state index is 12.2. The van der Waals surface area contributed by atoms with Crippen molar-refractivity contribution in [3.05, 3.63) is 11.9 Å². The van der Waals surface area contributed by atoms with E-state index in [0.29, 0.717) is 6.54 Å². The standard InChI is InChI=1S/C14H25N5O/c1-6-17-7-8-18(11(2)13(17)20)9-12-10-19(16-15-12)14(3,4)5/h10-11H,6-9H2,1-5H3. The van der Waals surface area contributed by atoms with Crippen molar-refractivity contribution < 1.29 is 4.79 Å². The SMILES string of the molecule is CCN1CCN(Cc2cn(C(C)(C)C)nn2)C(C)C1=O. The molecule has 2 heterocycles. The molecule has 1 aromatic rings. The molecular weight excluding hydrogens is 254 g/mol. The van der Waals surface area contributed by atoms with Crippen molar-refractivity contribution >= 4 is 5.91 Å². The van der Waals surface area contributed by atoms with Gasteiger partial charge < -0.3 is 4.90 Å². The lowest BCUT2D eigenvalue weighted by Crippen LogP contribution is -2.55. The van der Waals surface area contributed by atoms with Gasteiger partial charge in [-0.05, 0) is 34.6 Å². The summed E-state index contributed by atoms with van der Waals surface area (Å²) >= 11 is 0. The highest BCUT2D eigenvalue weighted by Crippen LogP contribution is 2.16. The molecule has 1 aromatic heterocycles. The number of carbonyl (C=O) groups excluding carboxylic acids is 1. The van der Waals surface area contributed by atoms with E-state index in [2.05, 4.69) is 36.0 Å². The average Bonchev–Trinajstić information content (AvgIpc) is 2.84. The van der Waals surface area contributed by atoms with Gasteiger partial charge >= 0.3 is 0 Å². The Labute approximate surface area is 120 Å². The van der Waals surface area contributed by atoms with Crippen LogP contribution in [0.1, 0.15) is 40.3 Å². The first-order valence-corrected chi connectivity index (χ1v) is 7.27. The maximum atomic E-state index is 12.2. The Morgan fingerprint density at radius 2 is 2.05 bits per heavy atom. The van der Waals surface area contributed by atoms with Gasteiger partial charge in [0.15, 0.2) is 0 Å². The Bertz CT molecular complexity index is 476. The van der Waals surface area contributed by atoms with E-state index in [4.69, 9.17) is 0 Å². The van der Waals surface area contributed by atoms with Gasteiger partial charge in [0.1, 0.15) is 0 Å². The highest BCUT2D eigenvalue weighted by atomic mass is 16.2. The highest BCUT2D eigenvalue weighted by molar-refractivity contribution is 5.82. The third-order valence-electron chi connectivity index (χ3n) is 3.85. The molecule has 0 aliphatic carbocycles. The van der Waals surface area contributed by atoms with E-state index in [1.54, 1.807) is 0 Å². The number of likely N-dealkylation sites (N-methyl/N-ethyl adjacent to an activating group) is 1. The van der Waals surface area contributed by atoms with Gasteiger partial charge in [0, 0.05) is 26.2 Å². The number of nitrogens with zero attached hydrogens (tertiary/aromatic N) is 5. The molecule has 1 amide bonds. The first-order valence-electron chi connectivity index (χ1n) is 7.27. The lowest BCUT2D eigenvalue weighted by atomic mass is 10.1. The summed E-state index contributed by atoms with van der Waals surface area (Å²) in [7, 11) is 0. The summed E-state index contributed by atoms with van der Waals surface area (Å²) < 4.78 is 1.87. The Hall–Kier alpha value is -1.43. The van der Waals surface area contributed by atoms with Crippen molar-refractivity contribution in [2.45, 2.75) is 52.7 Å². The second-order valence-corrected chi connectivity index (χ2v) is 6.39. The van der Waals surface area contributed by atoms with Gasteiger partial charge in [-0.15, -0.1) is 5.10 Å². The topological polar surface area (TPSA) is 54.3 Å². The molecule has 1 atom stereocenters. The molecule has 1 aliphatic rings. The van der Waals surface area contributed by atoms with Crippen molar-refractivity contribution in [3.8, 4) is 0 Å². The van der Waals surface area contributed by atoms with Gasteiger partial charge in [0.2, 0.25) is 5.91 Å². The lowest BCUT2D eigenvalue weighted by molar-refractivity contribution is -0.141. The van der Waals surface area contributed by atoms with E-state index >= 15 is 0 Å². The Balaban J connectivity index is 2.04. The van der Waals surface area contributed by atoms with Crippen molar-refractivity contribution in [2.24, 2.45) is 0 Å². The van der Waals surface area contributed by atoms with Gasteiger partial charge in [-0.1, -0.05) is 5.21 Å². The van der Waals surface area contributed by atoms with Gasteiger partial charge in [-0.3, -0.25) is 9.69 Å². The third-order valence-corrected chi connectivity index (χ3v) is 3.85. The first-order chi connectivity index (χ1) is 9.32. The molecule has 0 N–H and O–H groups in total. The van der Waals surface area contributed by atoms with Crippen molar-refractivity contribution in [2.75, 3.05) is 19.6 Å². The van der Waals surface area contributed by atoms with E-state index in [-0.39, 0.29) is 17.5 Å². The van der Waals surface area contributed by atoms with E-state index in [1.807, 2.05) is 29.6 Å². The number of carbonyl (C=O) groups is 1. The molecule has 2 rings (SSSR count). The van der Waals surface area contributed by atoms with Gasteiger partial charge in [0.25, 0.3) is 0 Å². The van der Waals surface area contributed by atoms with Crippen LogP contribution >= 0.6 is 0 Å². The zero-order valence-electron chi connectivity index (χ0n) is 13.1. The fourth-order valence-corrected chi connectivity index (χ4v) is 2.41. The third kappa shape index (κ3) is 3.00. The second-order valence-electron chi connectivity index (χ2n) is 6.39. The van der Waals surface area contributed by atoms with E-state index < -0.39 is 0 Å². The minimum atomic E-state index is -0.0801. The average molecular weight is 279 g/mol. The molecule has 20 heavy (non-hydrogen) atoms. The molecule has 0 aromatic carbocycles. The van der Waals surface area contributed by atoms with E-state index in [9.17, 15) is 4.79 Å². The van der Waals surface area contributed by atoms with Crippen LogP contribution in [0.5, 0.6) is 0 Å². The fourth-order valence-electron chi connectivity index (χ4n) is 2.41. The molecule has 6 heteroatoms. The maximum Gasteiger partial charge on any atom is 0.239 e. The highest BCUT2D eigenvalue weighted by Gasteiger charge is 2.31. The molecule has 0 bridgehead atoms. The smallest absolute Gasteiger partial charge is 0.239 e. The summed E-state index contributed by atoms with van der Waals surface area (Å²) in [6, 6.07) is -0.0801. The zero-order chi connectivity index (χ0) is 14.9. The minimum absolute atomic E-state index is 0.0619. The summed E-state index contributed by atoms with van der Waals surface area (Å²) in [6.45, 7) is 13.4. The summed E-state index contributed by atoms with van der Waals surface area (Å²) in [5, 5.41) is 8.39. The Morgan fingerprint density at radius 1 is 1.35 bits per heavy atom. The monoisotopic (exact) mass is 279 g/mol. The zero-order valence-corrected chi connectivity index (χ0v) is 13.1. The van der Waals surface area contributed by atoms with Crippen LogP contribution in [0.3, 0.4) is 0 Å². The molecule has 1 fully saturated rings. The van der Waals surface area contributed by atoms with Crippen LogP contribution in [0.4, 0.5) is 0 Å². The van der Waals surface area contributed by atoms with E-state index in [1.165, 1.54) is 0 Å². The van der Waals surface area contributed by atoms with Gasteiger partial charge in [-0.25, -0.2) is 4.68 Å². The largest absolute Gasteiger partial charge is 0.340 e. The van der Waals surface area contributed by atoms with Crippen LogP contribution in [0.2, 0.25) is 0 Å². The number of hydrogen-bond donors (Lipinski definition) is 0. The number of piperazine rings is 1. The number of aromatic nitrogens is 3. The van der Waals surface area contributed by atoms with Crippen molar-refractivity contribution in [1.29, 1.82) is 0 Å². The second kappa shape index (κ2) is 5.52. The number of amides is 1. The summed E-state index contributed by atoms with van der Waals surface area (Å²) in [5.74, 6) is 0.210. The first kappa shape index (κ1) is 15.0. The minimum Gasteiger partial charge on any atom is -0.340 e. The van der Waals surface area contributed by atoms with Crippen LogP contribution in [0.25, 0.3) is 0 Å². The summed E-state index contributed by atoms with van der Waals surface area (Å²) in [6.07, 6.45) is 1.98. The van der Waals surface area contributed by atoms with Crippen molar-refractivity contribution in [1.82, 2.24) is 24.8 Å². The molecular formula is C14H25N5O. The number of hydrogen-bond acceptors (Lipinski definition) is 4. The number of rotatable bonds is 3. The molecule has 0 radical (unpaired) electrons. The molecule has 1 saturated heterocycles. The molecule has 1 aliphatic heterocycles. The molecule has 6 nitrogen and oxygen atoms in total. The molecule has 112 valence electrons. The molecule has 0 spiro atoms. The Kier molecular flexibility index (Phi) is 4.13. The quantitative estimate of drug-likeness (QED) is 0.831. The normalized spacial score (nSPS) is 21.6. The summed E-state index contributed by atoms with van der Waals surface area (Å²) in [5.41, 5.74) is 0.859. The van der Waals surface area contributed by atoms with Gasteiger partial charge in [0.05, 0.1) is 23.5 Å². The molecule has 0 saturated carbocycles. The van der Waals surface area contributed by atoms with Gasteiger partial charge in [-0.2, -0.15) is 0 Å². The lowest BCUT2D eigenvalue weighted by Gasteiger charge is -2.38. The molecule has 1 unspecified atom stereocenters. The Morgan fingerprint density at radius 3 is 2.60 bits per heavy atom. The van der Waals surface area contributed by atoms with Crippen LogP contribution in [-0.2, 0) is 16.9 Å². The van der Waals surface area contributed by atoms with Crippen LogP contribution in [0.15, 0.2) is 6.20 Å². The van der Waals surface area contributed by atoms with Crippen LogP contribution in [0, 0.1) is 0 Å². The van der Waals surface area contributed by atoms with Crippen molar-refractivity contribution in [3.63, 3.8) is 0 Å². The predicted molar refractivity (Wildman–Crippen MR) is 77.1 cm³/mol. The van der Waals surface area contributed by atoms with Crippen LogP contribution < -0.4 is 0 Å². The van der Waals surface area contributed by atoms with E-state index in [0.717, 1.165) is 25.3 Å². The fraction of sp³-hybridized carbons (Fsp3) is 0.786. The summed E-state index contributed by atoms with van der Waals surface area (Å²) in [4.78, 5) is 16.2. The van der Waals surface area contributed by atoms with Crippen LogP contribution in [-0.4, -0.2) is 56.4 Å². The predicted octanol–water partition coefficient (Wildman–Crippen LogP) is 1.09.